The molecule has 0 saturated carbocycles. The van der Waals surface area contributed by atoms with Gasteiger partial charge in [-0.05, 0) is 82.8 Å². The number of aliphatic carboxylic acids is 1. The summed E-state index contributed by atoms with van der Waals surface area (Å²) < 4.78 is 58.3. The Morgan fingerprint density at radius 3 is 2.18 bits per heavy atom. The number of thioether (sulfide) groups is 1. The average molecular weight is 553 g/mol. The summed E-state index contributed by atoms with van der Waals surface area (Å²) in [5, 5.41) is 8.81. The molecule has 4 rings (SSSR count). The maximum absolute atomic E-state index is 13.6. The number of rotatable bonds is 9. The highest BCUT2D eigenvalue weighted by molar-refractivity contribution is 7.99. The average Bonchev–Trinajstić information content (AvgIpc) is 2.91. The summed E-state index contributed by atoms with van der Waals surface area (Å²) in [6.45, 7) is 1.43. The molecule has 200 valence electrons. The summed E-state index contributed by atoms with van der Waals surface area (Å²) in [5.74, 6) is -0.316. The molecule has 0 spiro atoms. The molecule has 8 heteroatoms. The number of benzene rings is 4. The first-order valence-electron chi connectivity index (χ1n) is 11.9. The van der Waals surface area contributed by atoms with E-state index in [1.807, 2.05) is 37.3 Å². The van der Waals surface area contributed by atoms with E-state index in [-0.39, 0.29) is 5.82 Å². The van der Waals surface area contributed by atoms with E-state index in [0.717, 1.165) is 39.3 Å². The first-order chi connectivity index (χ1) is 18.6. The topological polar surface area (TPSA) is 46.5 Å². The van der Waals surface area contributed by atoms with E-state index in [1.165, 1.54) is 18.2 Å². The van der Waals surface area contributed by atoms with E-state index in [0.29, 0.717) is 22.6 Å². The standard InChI is InChI=1S/C31H24F4O3S/c1-20-17-27(13-14-29(20)38-19-30(36)37)39-16-15-28(23-9-11-26(32)12-10-23)22-7-5-21(6-8-22)24-3-2-4-25(18-24)31(33,34)35/h2-15,17-18H,16,19H2,1H3,(H,36,37). The van der Waals surface area contributed by atoms with Crippen LogP contribution in [0.25, 0.3) is 16.7 Å². The maximum atomic E-state index is 13.6. The molecule has 0 bridgehead atoms. The number of hydrogen-bond acceptors (Lipinski definition) is 3. The van der Waals surface area contributed by atoms with Crippen molar-refractivity contribution in [2.45, 2.75) is 18.0 Å². The lowest BCUT2D eigenvalue weighted by Crippen LogP contribution is -2.09. The summed E-state index contributed by atoms with van der Waals surface area (Å²) in [6.07, 6.45) is -2.40. The molecule has 1 N–H and O–H groups in total. The minimum Gasteiger partial charge on any atom is -0.482 e. The molecule has 0 saturated heterocycles. The van der Waals surface area contributed by atoms with Crippen LogP contribution in [0.4, 0.5) is 17.6 Å². The van der Waals surface area contributed by atoms with Crippen LogP contribution in [0.1, 0.15) is 22.3 Å². The van der Waals surface area contributed by atoms with Gasteiger partial charge in [0.1, 0.15) is 11.6 Å². The van der Waals surface area contributed by atoms with E-state index < -0.39 is 24.3 Å². The van der Waals surface area contributed by atoms with Crippen LogP contribution < -0.4 is 4.74 Å². The predicted octanol–water partition coefficient (Wildman–Crippen LogP) is 8.51. The number of hydrogen-bond donors (Lipinski definition) is 1. The highest BCUT2D eigenvalue weighted by Crippen LogP contribution is 2.33. The van der Waals surface area contributed by atoms with Gasteiger partial charge in [0.25, 0.3) is 0 Å². The van der Waals surface area contributed by atoms with Crippen LogP contribution in [0.15, 0.2) is 102 Å². The van der Waals surface area contributed by atoms with Crippen molar-refractivity contribution in [2.24, 2.45) is 0 Å². The van der Waals surface area contributed by atoms with Crippen molar-refractivity contribution in [3.63, 3.8) is 0 Å². The quantitative estimate of drug-likeness (QED) is 0.167. The summed E-state index contributed by atoms with van der Waals surface area (Å²) in [4.78, 5) is 11.7. The van der Waals surface area contributed by atoms with Crippen molar-refractivity contribution >= 4 is 23.3 Å². The molecule has 0 amide bonds. The zero-order valence-electron chi connectivity index (χ0n) is 20.8. The Labute approximate surface area is 227 Å². The minimum absolute atomic E-state index is 0.354. The lowest BCUT2D eigenvalue weighted by atomic mass is 9.95. The molecule has 0 fully saturated rings. The summed E-state index contributed by atoms with van der Waals surface area (Å²) in [5.41, 5.74) is 3.72. The third kappa shape index (κ3) is 7.51. The Morgan fingerprint density at radius 2 is 1.56 bits per heavy atom. The van der Waals surface area contributed by atoms with Gasteiger partial charge < -0.3 is 9.84 Å². The zero-order chi connectivity index (χ0) is 28.0. The molecular formula is C31H24F4O3S. The van der Waals surface area contributed by atoms with Crippen LogP contribution >= 0.6 is 11.8 Å². The lowest BCUT2D eigenvalue weighted by molar-refractivity contribution is -0.139. The fourth-order valence-electron chi connectivity index (χ4n) is 3.98. The van der Waals surface area contributed by atoms with E-state index in [1.54, 1.807) is 48.2 Å². The highest BCUT2D eigenvalue weighted by Gasteiger charge is 2.30. The van der Waals surface area contributed by atoms with Gasteiger partial charge in [0.2, 0.25) is 0 Å². The fraction of sp³-hybridized carbons (Fsp3) is 0.129. The molecule has 4 aromatic rings. The van der Waals surface area contributed by atoms with Gasteiger partial charge in [-0.3, -0.25) is 0 Å². The van der Waals surface area contributed by atoms with Crippen LogP contribution in [0, 0.1) is 12.7 Å². The third-order valence-corrected chi connectivity index (χ3v) is 6.83. The summed E-state index contributed by atoms with van der Waals surface area (Å²) >= 11 is 1.56. The Hall–Kier alpha value is -4.04. The molecule has 0 aliphatic heterocycles. The van der Waals surface area contributed by atoms with E-state index in [2.05, 4.69) is 0 Å². The second kappa shape index (κ2) is 12.2. The number of halogens is 4. The van der Waals surface area contributed by atoms with E-state index in [4.69, 9.17) is 9.84 Å². The molecule has 4 aromatic carbocycles. The van der Waals surface area contributed by atoms with Crippen LogP contribution in [0.3, 0.4) is 0 Å². The van der Waals surface area contributed by atoms with Gasteiger partial charge in [-0.15, -0.1) is 11.8 Å². The van der Waals surface area contributed by atoms with Crippen LogP contribution in [0.5, 0.6) is 5.75 Å². The molecule has 0 unspecified atom stereocenters. The van der Waals surface area contributed by atoms with Gasteiger partial charge in [-0.25, -0.2) is 9.18 Å². The molecule has 39 heavy (non-hydrogen) atoms. The number of aryl methyl sites for hydroxylation is 1. The maximum Gasteiger partial charge on any atom is 0.416 e. The molecule has 0 atom stereocenters. The van der Waals surface area contributed by atoms with Gasteiger partial charge in [-0.2, -0.15) is 13.2 Å². The second-order valence-corrected chi connectivity index (χ2v) is 9.79. The van der Waals surface area contributed by atoms with Gasteiger partial charge in [0.05, 0.1) is 5.56 Å². The van der Waals surface area contributed by atoms with Gasteiger partial charge in [-0.1, -0.05) is 54.6 Å². The number of carboxylic acids is 1. The molecular weight excluding hydrogens is 528 g/mol. The largest absolute Gasteiger partial charge is 0.482 e. The van der Waals surface area contributed by atoms with Crippen LogP contribution in [0.2, 0.25) is 0 Å². The third-order valence-electron chi connectivity index (χ3n) is 5.91. The van der Waals surface area contributed by atoms with Crippen LogP contribution in [-0.2, 0) is 11.0 Å². The predicted molar refractivity (Wildman–Crippen MR) is 145 cm³/mol. The van der Waals surface area contributed by atoms with Crippen molar-refractivity contribution in [3.8, 4) is 16.9 Å². The summed E-state index contributed by atoms with van der Waals surface area (Å²) in [7, 11) is 0. The zero-order valence-corrected chi connectivity index (χ0v) is 21.7. The number of alkyl halides is 3. The van der Waals surface area contributed by atoms with Crippen molar-refractivity contribution < 1.29 is 32.2 Å². The molecule has 0 heterocycles. The molecule has 0 aromatic heterocycles. The Balaban J connectivity index is 1.57. The van der Waals surface area contributed by atoms with Crippen LogP contribution in [-0.4, -0.2) is 23.4 Å². The Kier molecular flexibility index (Phi) is 8.76. The molecule has 0 radical (unpaired) electrons. The van der Waals surface area contributed by atoms with Gasteiger partial charge in [0, 0.05) is 10.6 Å². The first-order valence-corrected chi connectivity index (χ1v) is 12.9. The number of ether oxygens (including phenoxy) is 1. The smallest absolute Gasteiger partial charge is 0.416 e. The Morgan fingerprint density at radius 1 is 0.897 bits per heavy atom. The van der Waals surface area contributed by atoms with Crippen molar-refractivity contribution in [1.82, 2.24) is 0 Å². The monoisotopic (exact) mass is 552 g/mol. The second-order valence-electron chi connectivity index (χ2n) is 8.70. The fourth-order valence-corrected chi connectivity index (χ4v) is 4.85. The first kappa shape index (κ1) is 28.0. The molecule has 0 aliphatic carbocycles. The Bertz CT molecular complexity index is 1480. The van der Waals surface area contributed by atoms with E-state index >= 15 is 0 Å². The lowest BCUT2D eigenvalue weighted by Gasteiger charge is -2.12. The number of carbonyl (C=O) groups is 1. The molecule has 0 aliphatic rings. The van der Waals surface area contributed by atoms with Crippen molar-refractivity contribution in [1.29, 1.82) is 0 Å². The van der Waals surface area contributed by atoms with Crippen molar-refractivity contribution in [2.75, 3.05) is 12.4 Å². The number of carboxylic acid groups (broad SMARTS) is 1. The molecule has 3 nitrogen and oxygen atoms in total. The highest BCUT2D eigenvalue weighted by atomic mass is 32.2. The normalized spacial score (nSPS) is 11.9. The summed E-state index contributed by atoms with van der Waals surface area (Å²) in [6, 6.07) is 24.1. The SMILES string of the molecule is Cc1cc(SCC=C(c2ccc(F)cc2)c2ccc(-c3cccc(C(F)(F)F)c3)cc2)ccc1OCC(=O)O. The van der Waals surface area contributed by atoms with E-state index in [9.17, 15) is 22.4 Å². The van der Waals surface area contributed by atoms with Gasteiger partial charge >= 0.3 is 12.1 Å². The van der Waals surface area contributed by atoms with Gasteiger partial charge in [0.15, 0.2) is 6.61 Å². The van der Waals surface area contributed by atoms with Crippen molar-refractivity contribution in [3.05, 3.63) is 125 Å². The minimum atomic E-state index is -4.42.